The maximum Gasteiger partial charge on any atom is 0.232 e. The quantitative estimate of drug-likeness (QED) is 0.393. The fourth-order valence-corrected chi connectivity index (χ4v) is 2.25. The summed E-state index contributed by atoms with van der Waals surface area (Å²) in [5, 5.41) is -0.0555. The zero-order chi connectivity index (χ0) is 10.3. The summed E-state index contributed by atoms with van der Waals surface area (Å²) in [4.78, 5) is 0. The van der Waals surface area contributed by atoms with Gasteiger partial charge in [-0.2, -0.15) is 0 Å². The summed E-state index contributed by atoms with van der Waals surface area (Å²) in [5.41, 5.74) is 0. The van der Waals surface area contributed by atoms with Gasteiger partial charge >= 0.3 is 0 Å². The van der Waals surface area contributed by atoms with Gasteiger partial charge in [0.25, 0.3) is 0 Å². The number of rotatable bonds is 7. The Labute approximate surface area is 90.0 Å². The highest BCUT2D eigenvalue weighted by Gasteiger charge is 2.10. The molecule has 0 aromatic carbocycles. The van der Waals surface area contributed by atoms with Gasteiger partial charge in [0.05, 0.1) is 5.75 Å². The Morgan fingerprint density at radius 3 is 2.31 bits per heavy atom. The summed E-state index contributed by atoms with van der Waals surface area (Å²) in [5.74, 6) is -0.0190. The van der Waals surface area contributed by atoms with Crippen molar-refractivity contribution in [2.24, 2.45) is 0 Å². The highest BCUT2D eigenvalue weighted by atomic mass is 35.7. The molecule has 0 aromatic rings. The smallest absolute Gasteiger partial charge is 0.212 e. The van der Waals surface area contributed by atoms with Gasteiger partial charge < -0.3 is 0 Å². The summed E-state index contributed by atoms with van der Waals surface area (Å²) < 4.78 is 21.1. The topological polar surface area (TPSA) is 34.1 Å². The molecule has 80 valence electrons. The minimum atomic E-state index is -3.36. The molecule has 0 bridgehead atoms. The van der Waals surface area contributed by atoms with Crippen LogP contribution in [0.4, 0.5) is 0 Å². The van der Waals surface area contributed by atoms with Crippen molar-refractivity contribution in [3.63, 3.8) is 0 Å². The van der Waals surface area contributed by atoms with Crippen molar-refractivity contribution in [2.75, 3.05) is 5.75 Å². The fourth-order valence-electron chi connectivity index (χ4n) is 1.03. The first kappa shape index (κ1) is 13.5. The molecule has 0 radical (unpaired) electrons. The summed E-state index contributed by atoms with van der Waals surface area (Å²) >= 11 is 5.90. The van der Waals surface area contributed by atoms with E-state index in [0.29, 0.717) is 6.42 Å². The normalized spacial score (nSPS) is 14.4. The third-order valence-electron chi connectivity index (χ3n) is 1.80. The zero-order valence-corrected chi connectivity index (χ0v) is 10.1. The zero-order valence-electron chi connectivity index (χ0n) is 7.80. The Hall–Kier alpha value is 0.530. The van der Waals surface area contributed by atoms with E-state index < -0.39 is 9.05 Å². The Morgan fingerprint density at radius 2 is 1.85 bits per heavy atom. The molecular weight excluding hydrogens is 231 g/mol. The van der Waals surface area contributed by atoms with Crippen LogP contribution in [0.3, 0.4) is 0 Å². The van der Waals surface area contributed by atoms with Crippen molar-refractivity contribution in [1.29, 1.82) is 0 Å². The van der Waals surface area contributed by atoms with E-state index in [4.69, 9.17) is 22.3 Å². The predicted molar refractivity (Wildman–Crippen MR) is 58.0 cm³/mol. The lowest BCUT2D eigenvalue weighted by Gasteiger charge is -2.06. The van der Waals surface area contributed by atoms with Gasteiger partial charge in [-0.25, -0.2) is 8.42 Å². The number of unbranched alkanes of at least 4 members (excludes halogenated alkanes) is 2. The van der Waals surface area contributed by atoms with E-state index in [1.807, 2.05) is 0 Å². The molecule has 0 N–H and O–H groups in total. The number of hydrogen-bond donors (Lipinski definition) is 0. The van der Waals surface area contributed by atoms with Gasteiger partial charge in [-0.3, -0.25) is 0 Å². The van der Waals surface area contributed by atoms with Crippen LogP contribution in [0.1, 0.15) is 39.0 Å². The lowest BCUT2D eigenvalue weighted by atomic mass is 10.1. The van der Waals surface area contributed by atoms with Crippen LogP contribution >= 0.6 is 22.3 Å². The van der Waals surface area contributed by atoms with Crippen LogP contribution in [0, 0.1) is 0 Å². The van der Waals surface area contributed by atoms with Crippen LogP contribution in [0.15, 0.2) is 0 Å². The van der Waals surface area contributed by atoms with E-state index >= 15 is 0 Å². The molecule has 5 heteroatoms. The van der Waals surface area contributed by atoms with Crippen LogP contribution in [0.2, 0.25) is 0 Å². The molecule has 0 heterocycles. The van der Waals surface area contributed by atoms with Crippen molar-refractivity contribution in [2.45, 2.75) is 44.4 Å². The van der Waals surface area contributed by atoms with Gasteiger partial charge in [-0.1, -0.05) is 26.2 Å². The minimum Gasteiger partial charge on any atom is -0.212 e. The van der Waals surface area contributed by atoms with Crippen LogP contribution < -0.4 is 0 Å². The second-order valence-electron chi connectivity index (χ2n) is 3.12. The molecular formula is C8H16Cl2O2S. The largest absolute Gasteiger partial charge is 0.232 e. The van der Waals surface area contributed by atoms with Crippen molar-refractivity contribution < 1.29 is 8.42 Å². The molecule has 1 atom stereocenters. The second kappa shape index (κ2) is 6.91. The molecule has 0 amide bonds. The minimum absolute atomic E-state index is 0.0190. The molecule has 0 spiro atoms. The van der Waals surface area contributed by atoms with Gasteiger partial charge in [0.2, 0.25) is 9.05 Å². The van der Waals surface area contributed by atoms with Crippen molar-refractivity contribution in [1.82, 2.24) is 0 Å². The maximum atomic E-state index is 10.6. The first-order valence-corrected chi connectivity index (χ1v) is 7.43. The highest BCUT2D eigenvalue weighted by molar-refractivity contribution is 8.13. The van der Waals surface area contributed by atoms with E-state index in [-0.39, 0.29) is 11.1 Å². The van der Waals surface area contributed by atoms with E-state index in [9.17, 15) is 8.42 Å². The van der Waals surface area contributed by atoms with E-state index in [1.165, 1.54) is 0 Å². The van der Waals surface area contributed by atoms with Crippen molar-refractivity contribution >= 4 is 31.3 Å². The molecule has 1 unspecified atom stereocenters. The van der Waals surface area contributed by atoms with E-state index in [2.05, 4.69) is 6.92 Å². The van der Waals surface area contributed by atoms with Gasteiger partial charge in [0.15, 0.2) is 0 Å². The van der Waals surface area contributed by atoms with Crippen molar-refractivity contribution in [3.8, 4) is 0 Å². The SMILES string of the molecule is CCCCCC(Cl)CCS(=O)(=O)Cl. The van der Waals surface area contributed by atoms with Crippen LogP contribution in [0.25, 0.3) is 0 Å². The van der Waals surface area contributed by atoms with Gasteiger partial charge in [-0.05, 0) is 12.8 Å². The molecule has 0 saturated carbocycles. The van der Waals surface area contributed by atoms with E-state index in [0.717, 1.165) is 25.7 Å². The summed E-state index contributed by atoms with van der Waals surface area (Å²) in [7, 11) is 1.69. The van der Waals surface area contributed by atoms with Crippen LogP contribution in [-0.4, -0.2) is 19.5 Å². The van der Waals surface area contributed by atoms with Crippen molar-refractivity contribution in [3.05, 3.63) is 0 Å². The second-order valence-corrected chi connectivity index (χ2v) is 6.64. The summed E-state index contributed by atoms with van der Waals surface area (Å²) in [6.07, 6.45) is 4.69. The van der Waals surface area contributed by atoms with Gasteiger partial charge in [0, 0.05) is 16.1 Å². The third kappa shape index (κ3) is 10.5. The number of hydrogen-bond acceptors (Lipinski definition) is 2. The Balaban J connectivity index is 3.46. The fraction of sp³-hybridized carbons (Fsp3) is 1.00. The summed E-state index contributed by atoms with van der Waals surface area (Å²) in [6, 6.07) is 0. The van der Waals surface area contributed by atoms with Gasteiger partial charge in [-0.15, -0.1) is 11.6 Å². The first-order valence-electron chi connectivity index (χ1n) is 4.52. The van der Waals surface area contributed by atoms with Crippen LogP contribution in [-0.2, 0) is 9.05 Å². The molecule has 2 nitrogen and oxygen atoms in total. The maximum absolute atomic E-state index is 10.6. The number of alkyl halides is 1. The third-order valence-corrected chi connectivity index (χ3v) is 3.42. The number of halogens is 2. The predicted octanol–water partition coefficient (Wildman–Crippen LogP) is 3.13. The molecule has 0 aliphatic carbocycles. The first-order chi connectivity index (χ1) is 5.95. The lowest BCUT2D eigenvalue weighted by Crippen LogP contribution is -2.06. The molecule has 0 aliphatic heterocycles. The molecule has 13 heavy (non-hydrogen) atoms. The van der Waals surface area contributed by atoms with E-state index in [1.54, 1.807) is 0 Å². The summed E-state index contributed by atoms with van der Waals surface area (Å²) in [6.45, 7) is 2.12. The standard InChI is InChI=1S/C8H16Cl2O2S/c1-2-3-4-5-8(9)6-7-13(10,11)12/h8H,2-7H2,1H3. The highest BCUT2D eigenvalue weighted by Crippen LogP contribution is 2.14. The Bertz CT molecular complexity index is 214. The monoisotopic (exact) mass is 246 g/mol. The Morgan fingerprint density at radius 1 is 1.23 bits per heavy atom. The molecule has 0 rings (SSSR count). The average molecular weight is 247 g/mol. The Kier molecular flexibility index (Phi) is 7.19. The molecule has 0 saturated heterocycles. The average Bonchev–Trinajstić information content (AvgIpc) is 2.00. The molecule has 0 aliphatic rings. The van der Waals surface area contributed by atoms with Gasteiger partial charge in [0.1, 0.15) is 0 Å². The molecule has 0 aromatic heterocycles. The van der Waals surface area contributed by atoms with Crippen LogP contribution in [0.5, 0.6) is 0 Å². The molecule has 0 fully saturated rings. The lowest BCUT2D eigenvalue weighted by molar-refractivity contribution is 0.597.